The number of aliphatic carboxylic acids is 2. The lowest BCUT2D eigenvalue weighted by Gasteiger charge is -2.50. The quantitative estimate of drug-likeness (QED) is 0.776. The monoisotopic (exact) mass is 310 g/mol. The molecule has 0 spiro atoms. The molecule has 6 atom stereocenters. The Morgan fingerprint density at radius 3 is 2.05 bits per heavy atom. The van der Waals surface area contributed by atoms with Crippen LogP contribution in [0.25, 0.3) is 0 Å². The highest BCUT2D eigenvalue weighted by atomic mass is 16.4. The van der Waals surface area contributed by atoms with E-state index in [4.69, 9.17) is 0 Å². The van der Waals surface area contributed by atoms with E-state index in [0.29, 0.717) is 11.8 Å². The standard InChI is InChI=1S/C18H30O4/c1-3-6-11-8-5-9-13-10-12(7-4-2)15(17(19)20)16(14(11)13)18(21)22/h11-16H,3-10H2,1-2H3,(H,19,20)(H,21,22). The van der Waals surface area contributed by atoms with Crippen LogP contribution in [0.15, 0.2) is 0 Å². The smallest absolute Gasteiger partial charge is 0.307 e. The van der Waals surface area contributed by atoms with Crippen molar-refractivity contribution in [2.75, 3.05) is 0 Å². The Kier molecular flexibility index (Phi) is 5.87. The van der Waals surface area contributed by atoms with Crippen molar-refractivity contribution in [3.63, 3.8) is 0 Å². The Hall–Kier alpha value is -1.06. The fourth-order valence-corrected chi connectivity index (χ4v) is 5.39. The maximum Gasteiger partial charge on any atom is 0.307 e. The maximum atomic E-state index is 12.0. The van der Waals surface area contributed by atoms with Crippen LogP contribution in [-0.2, 0) is 9.59 Å². The lowest BCUT2D eigenvalue weighted by atomic mass is 9.53. The summed E-state index contributed by atoms with van der Waals surface area (Å²) in [5, 5.41) is 19.5. The number of fused-ring (bicyclic) bond motifs is 1. The average Bonchev–Trinajstić information content (AvgIpc) is 2.46. The second kappa shape index (κ2) is 7.47. The van der Waals surface area contributed by atoms with Crippen LogP contribution >= 0.6 is 0 Å². The summed E-state index contributed by atoms with van der Waals surface area (Å²) in [6, 6.07) is 0. The molecule has 2 rings (SSSR count). The zero-order valence-corrected chi connectivity index (χ0v) is 13.8. The molecule has 0 bridgehead atoms. The first-order valence-electron chi connectivity index (χ1n) is 8.96. The van der Waals surface area contributed by atoms with Crippen molar-refractivity contribution in [3.05, 3.63) is 0 Å². The number of hydrogen-bond donors (Lipinski definition) is 2. The molecule has 0 radical (unpaired) electrons. The van der Waals surface area contributed by atoms with Gasteiger partial charge in [0.2, 0.25) is 0 Å². The summed E-state index contributed by atoms with van der Waals surface area (Å²) < 4.78 is 0. The minimum atomic E-state index is -0.898. The van der Waals surface area contributed by atoms with E-state index >= 15 is 0 Å². The van der Waals surface area contributed by atoms with E-state index in [1.54, 1.807) is 0 Å². The summed E-state index contributed by atoms with van der Waals surface area (Å²) in [6.07, 6.45) is 8.10. The Balaban J connectivity index is 2.35. The summed E-state index contributed by atoms with van der Waals surface area (Å²) in [6.45, 7) is 4.19. The number of hydrogen-bond acceptors (Lipinski definition) is 2. The largest absolute Gasteiger partial charge is 0.481 e. The second-order valence-corrected chi connectivity index (χ2v) is 7.33. The first-order valence-corrected chi connectivity index (χ1v) is 8.96. The topological polar surface area (TPSA) is 74.6 Å². The lowest BCUT2D eigenvalue weighted by Crippen LogP contribution is -2.51. The van der Waals surface area contributed by atoms with Gasteiger partial charge in [-0.05, 0) is 36.5 Å². The minimum absolute atomic E-state index is 0.0326. The Labute approximate surface area is 133 Å². The Bertz CT molecular complexity index is 404. The predicted octanol–water partition coefficient (Wildman–Crippen LogP) is 4.04. The number of carbonyl (C=O) groups is 2. The van der Waals surface area contributed by atoms with Crippen LogP contribution in [0.3, 0.4) is 0 Å². The normalized spacial score (nSPS) is 38.3. The minimum Gasteiger partial charge on any atom is -0.481 e. The molecule has 0 aromatic rings. The van der Waals surface area contributed by atoms with Gasteiger partial charge >= 0.3 is 11.9 Å². The molecular formula is C18H30O4. The zero-order valence-electron chi connectivity index (χ0n) is 13.8. The van der Waals surface area contributed by atoms with Crippen LogP contribution in [0.2, 0.25) is 0 Å². The molecule has 2 fully saturated rings. The van der Waals surface area contributed by atoms with Crippen LogP contribution in [-0.4, -0.2) is 22.2 Å². The van der Waals surface area contributed by atoms with Crippen LogP contribution < -0.4 is 0 Å². The highest BCUT2D eigenvalue weighted by Gasteiger charge is 2.53. The second-order valence-electron chi connectivity index (χ2n) is 7.33. The van der Waals surface area contributed by atoms with E-state index in [9.17, 15) is 19.8 Å². The fourth-order valence-electron chi connectivity index (χ4n) is 5.39. The van der Waals surface area contributed by atoms with Gasteiger partial charge in [-0.15, -0.1) is 0 Å². The van der Waals surface area contributed by atoms with Gasteiger partial charge in [0.05, 0.1) is 11.8 Å². The third-order valence-corrected chi connectivity index (χ3v) is 6.04. The van der Waals surface area contributed by atoms with E-state index in [1.807, 2.05) is 0 Å². The molecule has 0 amide bonds. The molecule has 0 aliphatic heterocycles. The van der Waals surface area contributed by atoms with Crippen molar-refractivity contribution in [1.82, 2.24) is 0 Å². The molecule has 2 N–H and O–H groups in total. The molecule has 2 aliphatic carbocycles. The van der Waals surface area contributed by atoms with Crippen molar-refractivity contribution in [2.45, 2.75) is 65.2 Å². The van der Waals surface area contributed by atoms with Crippen LogP contribution in [0.4, 0.5) is 0 Å². The van der Waals surface area contributed by atoms with Gasteiger partial charge in [-0.1, -0.05) is 52.4 Å². The summed E-state index contributed by atoms with van der Waals surface area (Å²) in [5.74, 6) is -2.25. The van der Waals surface area contributed by atoms with E-state index in [1.165, 1.54) is 6.42 Å². The molecule has 0 saturated heterocycles. The van der Waals surface area contributed by atoms with Gasteiger partial charge in [0, 0.05) is 0 Å². The number of carboxylic acids is 2. The SMILES string of the molecule is CCCC1CC2CCCC(CCC)C2C(C(=O)O)C1C(=O)O. The van der Waals surface area contributed by atoms with Crippen LogP contribution in [0.5, 0.6) is 0 Å². The zero-order chi connectivity index (χ0) is 16.3. The predicted molar refractivity (Wildman–Crippen MR) is 84.5 cm³/mol. The summed E-state index contributed by atoms with van der Waals surface area (Å²) in [7, 11) is 0. The van der Waals surface area contributed by atoms with Gasteiger partial charge < -0.3 is 10.2 Å². The van der Waals surface area contributed by atoms with Gasteiger partial charge in [-0.25, -0.2) is 0 Å². The highest BCUT2D eigenvalue weighted by Crippen LogP contribution is 2.53. The van der Waals surface area contributed by atoms with Crippen molar-refractivity contribution in [3.8, 4) is 0 Å². The highest BCUT2D eigenvalue weighted by molar-refractivity contribution is 5.81. The summed E-state index contributed by atoms with van der Waals surface area (Å²) in [5.41, 5.74) is 0. The Morgan fingerprint density at radius 1 is 0.909 bits per heavy atom. The third kappa shape index (κ3) is 3.31. The molecule has 22 heavy (non-hydrogen) atoms. The van der Waals surface area contributed by atoms with Gasteiger partial charge in [0.15, 0.2) is 0 Å². The molecule has 0 aromatic carbocycles. The van der Waals surface area contributed by atoms with E-state index in [0.717, 1.165) is 44.9 Å². The van der Waals surface area contributed by atoms with Crippen LogP contribution in [0.1, 0.15) is 65.2 Å². The van der Waals surface area contributed by atoms with Gasteiger partial charge in [-0.3, -0.25) is 9.59 Å². The maximum absolute atomic E-state index is 12.0. The molecule has 6 unspecified atom stereocenters. The molecule has 4 nitrogen and oxygen atoms in total. The van der Waals surface area contributed by atoms with E-state index in [-0.39, 0.29) is 11.8 Å². The van der Waals surface area contributed by atoms with Gasteiger partial charge in [0.1, 0.15) is 0 Å². The Morgan fingerprint density at radius 2 is 1.50 bits per heavy atom. The molecular weight excluding hydrogens is 280 g/mol. The molecule has 2 aliphatic rings. The number of rotatable bonds is 6. The lowest BCUT2D eigenvalue weighted by molar-refractivity contribution is -0.168. The molecule has 126 valence electrons. The van der Waals surface area contributed by atoms with Crippen molar-refractivity contribution in [2.24, 2.45) is 35.5 Å². The van der Waals surface area contributed by atoms with Crippen molar-refractivity contribution >= 4 is 11.9 Å². The molecule has 0 heterocycles. The summed E-state index contributed by atoms with van der Waals surface area (Å²) in [4.78, 5) is 23.8. The molecule has 2 saturated carbocycles. The van der Waals surface area contributed by atoms with Gasteiger partial charge in [0.25, 0.3) is 0 Å². The third-order valence-electron chi connectivity index (χ3n) is 6.04. The van der Waals surface area contributed by atoms with E-state index in [2.05, 4.69) is 13.8 Å². The first-order chi connectivity index (χ1) is 10.5. The van der Waals surface area contributed by atoms with Crippen molar-refractivity contribution in [1.29, 1.82) is 0 Å². The summed E-state index contributed by atoms with van der Waals surface area (Å²) >= 11 is 0. The molecule has 4 heteroatoms. The fraction of sp³-hybridized carbons (Fsp3) is 0.889. The van der Waals surface area contributed by atoms with Crippen LogP contribution in [0, 0.1) is 35.5 Å². The number of carboxylic acid groups (broad SMARTS) is 2. The first kappa shape index (κ1) is 17.3. The molecule has 0 aromatic heterocycles. The van der Waals surface area contributed by atoms with Gasteiger partial charge in [-0.2, -0.15) is 0 Å². The van der Waals surface area contributed by atoms with E-state index < -0.39 is 23.8 Å². The van der Waals surface area contributed by atoms with Crippen molar-refractivity contribution < 1.29 is 19.8 Å². The average molecular weight is 310 g/mol.